The Morgan fingerprint density at radius 1 is 1.50 bits per heavy atom. The molecule has 0 aliphatic heterocycles. The predicted octanol–water partition coefficient (Wildman–Crippen LogP) is 2.50. The van der Waals surface area contributed by atoms with Crippen LogP contribution in [0.4, 0.5) is 5.82 Å². The maximum absolute atomic E-state index is 11.2. The number of hydrogen-bond donors (Lipinski definition) is 1. The molecule has 0 aliphatic carbocycles. The van der Waals surface area contributed by atoms with E-state index in [1.807, 2.05) is 0 Å². The summed E-state index contributed by atoms with van der Waals surface area (Å²) in [7, 11) is 0. The molecule has 1 aromatic carbocycles. The third-order valence-electron chi connectivity index (χ3n) is 3.06. The van der Waals surface area contributed by atoms with Gasteiger partial charge in [0.2, 0.25) is 5.91 Å². The molecule has 0 atom stereocenters. The predicted molar refractivity (Wildman–Crippen MR) is 79.5 cm³/mol. The Labute approximate surface area is 127 Å². The van der Waals surface area contributed by atoms with E-state index in [0.29, 0.717) is 16.3 Å². The topological polar surface area (TPSA) is 113 Å². The standard InChI is InChI=1S/C13H10N4O4S/c1-7-2-3-8(10(14)18)6-9(7)21-11-12(17(19)20)16-4-5-22-13(16)15-11/h2-6H,1H3,(H2,14,18). The van der Waals surface area contributed by atoms with Crippen LogP contribution in [-0.2, 0) is 0 Å². The number of nitro groups is 1. The summed E-state index contributed by atoms with van der Waals surface area (Å²) in [6.45, 7) is 1.75. The Morgan fingerprint density at radius 3 is 2.95 bits per heavy atom. The molecular formula is C13H10N4O4S. The number of imidazole rings is 1. The van der Waals surface area contributed by atoms with E-state index in [4.69, 9.17) is 10.5 Å². The molecule has 2 aromatic heterocycles. The van der Waals surface area contributed by atoms with Gasteiger partial charge in [-0.25, -0.2) is 0 Å². The molecule has 3 rings (SSSR count). The Morgan fingerprint density at radius 2 is 2.27 bits per heavy atom. The molecule has 0 bridgehead atoms. The Balaban J connectivity index is 2.08. The average molecular weight is 318 g/mol. The average Bonchev–Trinajstić information content (AvgIpc) is 3.00. The number of aryl methyl sites for hydroxylation is 1. The second-order valence-corrected chi connectivity index (χ2v) is 5.37. The first-order valence-corrected chi connectivity index (χ1v) is 7.03. The summed E-state index contributed by atoms with van der Waals surface area (Å²) in [6, 6.07) is 4.65. The van der Waals surface area contributed by atoms with Crippen molar-refractivity contribution in [3.63, 3.8) is 0 Å². The summed E-state index contributed by atoms with van der Waals surface area (Å²) in [5, 5.41) is 12.9. The lowest BCUT2D eigenvalue weighted by Gasteiger charge is -2.07. The lowest BCUT2D eigenvalue weighted by atomic mass is 10.1. The van der Waals surface area contributed by atoms with Crippen LogP contribution in [-0.4, -0.2) is 20.2 Å². The second kappa shape index (κ2) is 5.11. The molecule has 112 valence electrons. The maximum atomic E-state index is 11.2. The second-order valence-electron chi connectivity index (χ2n) is 4.50. The van der Waals surface area contributed by atoms with E-state index in [1.165, 1.54) is 21.8 Å². The summed E-state index contributed by atoms with van der Waals surface area (Å²) >= 11 is 1.26. The van der Waals surface area contributed by atoms with E-state index in [1.54, 1.807) is 30.6 Å². The first-order valence-electron chi connectivity index (χ1n) is 6.15. The zero-order valence-electron chi connectivity index (χ0n) is 11.3. The molecule has 3 aromatic rings. The van der Waals surface area contributed by atoms with Gasteiger partial charge >= 0.3 is 11.7 Å². The smallest absolute Gasteiger partial charge is 0.393 e. The lowest BCUT2D eigenvalue weighted by molar-refractivity contribution is -0.391. The minimum absolute atomic E-state index is 0.124. The van der Waals surface area contributed by atoms with E-state index in [9.17, 15) is 14.9 Å². The third-order valence-corrected chi connectivity index (χ3v) is 3.81. The molecule has 0 radical (unpaired) electrons. The summed E-state index contributed by atoms with van der Waals surface area (Å²) in [6.07, 6.45) is 1.55. The Bertz CT molecular complexity index is 899. The number of primary amides is 1. The monoisotopic (exact) mass is 318 g/mol. The highest BCUT2D eigenvalue weighted by Crippen LogP contribution is 2.34. The van der Waals surface area contributed by atoms with E-state index >= 15 is 0 Å². The highest BCUT2D eigenvalue weighted by molar-refractivity contribution is 7.15. The molecule has 0 spiro atoms. The van der Waals surface area contributed by atoms with Crippen LogP contribution in [0.3, 0.4) is 0 Å². The van der Waals surface area contributed by atoms with Gasteiger partial charge in [-0.2, -0.15) is 9.38 Å². The van der Waals surface area contributed by atoms with Crippen molar-refractivity contribution in [3.8, 4) is 11.6 Å². The van der Waals surface area contributed by atoms with Gasteiger partial charge in [-0.3, -0.25) is 4.79 Å². The summed E-state index contributed by atoms with van der Waals surface area (Å²) in [5.74, 6) is -0.697. The molecule has 9 heteroatoms. The van der Waals surface area contributed by atoms with Gasteiger partial charge in [-0.1, -0.05) is 17.4 Å². The molecule has 22 heavy (non-hydrogen) atoms. The summed E-state index contributed by atoms with van der Waals surface area (Å²) < 4.78 is 6.90. The number of aromatic nitrogens is 2. The summed E-state index contributed by atoms with van der Waals surface area (Å²) in [5.41, 5.74) is 6.19. The SMILES string of the molecule is Cc1ccc(C(N)=O)cc1Oc1nc2sccn2c1[N+](=O)[O-]. The molecule has 0 unspecified atom stereocenters. The number of rotatable bonds is 4. The number of benzene rings is 1. The number of nitrogens with two attached hydrogens (primary N) is 1. The minimum Gasteiger partial charge on any atom is -0.432 e. The lowest BCUT2D eigenvalue weighted by Crippen LogP contribution is -2.11. The zero-order chi connectivity index (χ0) is 15.9. The number of amides is 1. The number of thiazole rings is 1. The number of ether oxygens (including phenoxy) is 1. The van der Waals surface area contributed by atoms with Crippen molar-refractivity contribution in [3.05, 3.63) is 51.0 Å². The van der Waals surface area contributed by atoms with E-state index < -0.39 is 10.8 Å². The first-order chi connectivity index (χ1) is 10.5. The van der Waals surface area contributed by atoms with Crippen LogP contribution in [0.25, 0.3) is 4.96 Å². The van der Waals surface area contributed by atoms with Gasteiger partial charge in [0.25, 0.3) is 4.96 Å². The fourth-order valence-corrected chi connectivity index (χ4v) is 2.66. The molecule has 2 heterocycles. The number of fused-ring (bicyclic) bond motifs is 1. The van der Waals surface area contributed by atoms with Crippen molar-refractivity contribution in [2.45, 2.75) is 6.92 Å². The van der Waals surface area contributed by atoms with Crippen molar-refractivity contribution < 1.29 is 14.5 Å². The number of hydrogen-bond acceptors (Lipinski definition) is 6. The van der Waals surface area contributed by atoms with Crippen molar-refractivity contribution in [2.75, 3.05) is 0 Å². The van der Waals surface area contributed by atoms with Crippen LogP contribution in [0.15, 0.2) is 29.8 Å². The van der Waals surface area contributed by atoms with Crippen molar-refractivity contribution in [2.24, 2.45) is 5.73 Å². The van der Waals surface area contributed by atoms with Gasteiger partial charge in [0.15, 0.2) is 0 Å². The van der Waals surface area contributed by atoms with Crippen LogP contribution in [0, 0.1) is 17.0 Å². The molecule has 1 amide bonds. The molecule has 2 N–H and O–H groups in total. The zero-order valence-corrected chi connectivity index (χ0v) is 12.2. The molecule has 0 saturated carbocycles. The van der Waals surface area contributed by atoms with Gasteiger partial charge in [-0.05, 0) is 29.5 Å². The number of carbonyl (C=O) groups excluding carboxylic acids is 1. The van der Waals surface area contributed by atoms with Gasteiger partial charge in [-0.15, -0.1) is 0 Å². The van der Waals surface area contributed by atoms with Gasteiger partial charge in [0.05, 0.1) is 0 Å². The van der Waals surface area contributed by atoms with Crippen molar-refractivity contribution >= 4 is 28.0 Å². The summed E-state index contributed by atoms with van der Waals surface area (Å²) in [4.78, 5) is 26.5. The molecular weight excluding hydrogens is 308 g/mol. The van der Waals surface area contributed by atoms with Crippen LogP contribution in [0.1, 0.15) is 15.9 Å². The van der Waals surface area contributed by atoms with E-state index in [-0.39, 0.29) is 17.3 Å². The largest absolute Gasteiger partial charge is 0.432 e. The molecule has 0 aliphatic rings. The Hall–Kier alpha value is -2.94. The number of nitrogens with zero attached hydrogens (tertiary/aromatic N) is 3. The van der Waals surface area contributed by atoms with Crippen LogP contribution >= 0.6 is 11.3 Å². The maximum Gasteiger partial charge on any atom is 0.393 e. The fraction of sp³-hybridized carbons (Fsp3) is 0.0769. The Kier molecular flexibility index (Phi) is 3.26. The van der Waals surface area contributed by atoms with Gasteiger partial charge in [0.1, 0.15) is 11.9 Å². The van der Waals surface area contributed by atoms with Crippen molar-refractivity contribution in [1.82, 2.24) is 9.38 Å². The first kappa shape index (κ1) is 14.0. The minimum atomic E-state index is -0.606. The number of carbonyl (C=O) groups is 1. The molecule has 0 fully saturated rings. The highest BCUT2D eigenvalue weighted by Gasteiger charge is 2.26. The normalized spacial score (nSPS) is 10.8. The van der Waals surface area contributed by atoms with E-state index in [0.717, 1.165) is 0 Å². The molecule has 0 saturated heterocycles. The van der Waals surface area contributed by atoms with Gasteiger partial charge in [0, 0.05) is 10.9 Å². The quantitative estimate of drug-likeness (QED) is 0.586. The van der Waals surface area contributed by atoms with Gasteiger partial charge < -0.3 is 20.6 Å². The molecule has 8 nitrogen and oxygen atoms in total. The van der Waals surface area contributed by atoms with Crippen LogP contribution in [0.2, 0.25) is 0 Å². The van der Waals surface area contributed by atoms with Crippen molar-refractivity contribution in [1.29, 1.82) is 0 Å². The van der Waals surface area contributed by atoms with Crippen LogP contribution < -0.4 is 10.5 Å². The van der Waals surface area contributed by atoms with E-state index in [2.05, 4.69) is 4.98 Å². The van der Waals surface area contributed by atoms with Crippen LogP contribution in [0.5, 0.6) is 11.6 Å². The highest BCUT2D eigenvalue weighted by atomic mass is 32.1. The fourth-order valence-electron chi connectivity index (χ4n) is 1.96. The third kappa shape index (κ3) is 2.27.